The van der Waals surface area contributed by atoms with Crippen LogP contribution >= 0.6 is 0 Å². The van der Waals surface area contributed by atoms with Gasteiger partial charge in [0.15, 0.2) is 5.82 Å². The van der Waals surface area contributed by atoms with Crippen molar-refractivity contribution in [3.05, 3.63) is 59.9 Å². The van der Waals surface area contributed by atoms with Crippen LogP contribution in [0.1, 0.15) is 30.1 Å². The molecule has 0 radical (unpaired) electrons. The number of hydrogen-bond acceptors (Lipinski definition) is 5. The molecule has 0 unspecified atom stereocenters. The normalized spacial score (nSPS) is 10.7. The van der Waals surface area contributed by atoms with Crippen molar-refractivity contribution in [3.63, 3.8) is 0 Å². The van der Waals surface area contributed by atoms with Gasteiger partial charge in [-0.3, -0.25) is 4.79 Å². The lowest BCUT2D eigenvalue weighted by Crippen LogP contribution is -2.24. The second kappa shape index (κ2) is 8.72. The number of aromatic amines is 1. The van der Waals surface area contributed by atoms with Crippen LogP contribution in [-0.2, 0) is 30.7 Å². The molecule has 2 aromatic heterocycles. The number of H-pyrrole nitrogens is 1. The highest BCUT2D eigenvalue weighted by Crippen LogP contribution is 2.05. The van der Waals surface area contributed by atoms with Crippen molar-refractivity contribution in [2.45, 2.75) is 38.8 Å². The van der Waals surface area contributed by atoms with Crippen molar-refractivity contribution in [2.75, 3.05) is 0 Å². The van der Waals surface area contributed by atoms with E-state index >= 15 is 0 Å². The maximum absolute atomic E-state index is 11.9. The van der Waals surface area contributed by atoms with Crippen molar-refractivity contribution < 1.29 is 4.79 Å². The molecule has 0 saturated carbocycles. The lowest BCUT2D eigenvalue weighted by atomic mass is 10.1. The van der Waals surface area contributed by atoms with E-state index in [1.165, 1.54) is 5.56 Å². The minimum absolute atomic E-state index is 0.00102. The molecule has 130 valence electrons. The zero-order chi connectivity index (χ0) is 17.3. The van der Waals surface area contributed by atoms with Crippen LogP contribution in [0.2, 0.25) is 0 Å². The van der Waals surface area contributed by atoms with Crippen LogP contribution in [0.25, 0.3) is 0 Å². The lowest BCUT2D eigenvalue weighted by Gasteiger charge is -2.09. The molecule has 25 heavy (non-hydrogen) atoms. The highest BCUT2D eigenvalue weighted by molar-refractivity contribution is 5.75. The summed E-state index contributed by atoms with van der Waals surface area (Å²) < 4.78 is 2.08. The standard InChI is InChI=1S/C17H21N7O/c25-17(8-4-7-15-20-22-23-21-15)19-13-16-18-10-12-24(16)11-9-14-5-2-1-3-6-14/h1-3,5-6,10,12H,4,7-9,11,13H2,(H,19,25)(H,20,21,22,23). The van der Waals surface area contributed by atoms with E-state index in [0.29, 0.717) is 31.6 Å². The number of nitrogens with one attached hydrogen (secondary N) is 2. The van der Waals surface area contributed by atoms with Gasteiger partial charge in [-0.05, 0) is 18.4 Å². The number of nitrogens with zero attached hydrogens (tertiary/aromatic N) is 5. The number of rotatable bonds is 9. The summed E-state index contributed by atoms with van der Waals surface area (Å²) in [6, 6.07) is 10.3. The van der Waals surface area contributed by atoms with Gasteiger partial charge < -0.3 is 9.88 Å². The van der Waals surface area contributed by atoms with Crippen molar-refractivity contribution in [3.8, 4) is 0 Å². The highest BCUT2D eigenvalue weighted by Gasteiger charge is 2.07. The molecule has 0 fully saturated rings. The molecule has 3 rings (SSSR count). The second-order valence-corrected chi connectivity index (χ2v) is 5.73. The van der Waals surface area contributed by atoms with E-state index < -0.39 is 0 Å². The van der Waals surface area contributed by atoms with Gasteiger partial charge in [0.1, 0.15) is 5.82 Å². The summed E-state index contributed by atoms with van der Waals surface area (Å²) in [5, 5.41) is 16.5. The minimum atomic E-state index is 0.00102. The molecule has 0 aliphatic rings. The number of benzene rings is 1. The van der Waals surface area contributed by atoms with Crippen LogP contribution in [0, 0.1) is 0 Å². The monoisotopic (exact) mass is 339 g/mol. The van der Waals surface area contributed by atoms with Gasteiger partial charge in [0, 0.05) is 31.8 Å². The van der Waals surface area contributed by atoms with Crippen molar-refractivity contribution >= 4 is 5.91 Å². The molecule has 0 bridgehead atoms. The average molecular weight is 339 g/mol. The first-order valence-electron chi connectivity index (χ1n) is 8.34. The maximum atomic E-state index is 11.9. The summed E-state index contributed by atoms with van der Waals surface area (Å²) in [5.41, 5.74) is 1.28. The van der Waals surface area contributed by atoms with Gasteiger partial charge in [-0.2, -0.15) is 5.21 Å². The number of tetrazole rings is 1. The lowest BCUT2D eigenvalue weighted by molar-refractivity contribution is -0.121. The first kappa shape index (κ1) is 16.8. The Hall–Kier alpha value is -3.03. The van der Waals surface area contributed by atoms with Crippen molar-refractivity contribution in [1.29, 1.82) is 0 Å². The smallest absolute Gasteiger partial charge is 0.220 e. The van der Waals surface area contributed by atoms with E-state index in [2.05, 4.69) is 47.6 Å². The Morgan fingerprint density at radius 3 is 2.88 bits per heavy atom. The predicted molar refractivity (Wildman–Crippen MR) is 91.3 cm³/mol. The zero-order valence-corrected chi connectivity index (χ0v) is 13.9. The number of amides is 1. The number of aromatic nitrogens is 6. The van der Waals surface area contributed by atoms with Crippen LogP contribution in [0.4, 0.5) is 0 Å². The first-order valence-corrected chi connectivity index (χ1v) is 8.34. The number of carbonyl (C=O) groups is 1. The van der Waals surface area contributed by atoms with Gasteiger partial charge in [-0.25, -0.2) is 4.98 Å². The van der Waals surface area contributed by atoms with Gasteiger partial charge in [0.05, 0.1) is 6.54 Å². The molecular weight excluding hydrogens is 318 g/mol. The van der Waals surface area contributed by atoms with Crippen molar-refractivity contribution in [1.82, 2.24) is 35.5 Å². The maximum Gasteiger partial charge on any atom is 0.220 e. The average Bonchev–Trinajstić information content (AvgIpc) is 3.31. The highest BCUT2D eigenvalue weighted by atomic mass is 16.1. The van der Waals surface area contributed by atoms with E-state index in [9.17, 15) is 4.79 Å². The van der Waals surface area contributed by atoms with Crippen LogP contribution in [0.3, 0.4) is 0 Å². The van der Waals surface area contributed by atoms with E-state index in [0.717, 1.165) is 18.8 Å². The molecule has 1 aromatic carbocycles. The van der Waals surface area contributed by atoms with Gasteiger partial charge >= 0.3 is 0 Å². The SMILES string of the molecule is O=C(CCCc1nn[nH]n1)NCc1nccn1CCc1ccccc1. The van der Waals surface area contributed by atoms with Crippen LogP contribution in [0.5, 0.6) is 0 Å². The third-order valence-electron chi connectivity index (χ3n) is 3.92. The third-order valence-corrected chi connectivity index (χ3v) is 3.92. The molecule has 2 heterocycles. The molecule has 1 amide bonds. The van der Waals surface area contributed by atoms with Crippen LogP contribution in [-0.4, -0.2) is 36.1 Å². The first-order chi connectivity index (χ1) is 12.3. The Labute approximate surface area is 145 Å². The Morgan fingerprint density at radius 1 is 1.20 bits per heavy atom. The Balaban J connectivity index is 1.40. The number of carbonyl (C=O) groups excluding carboxylic acids is 1. The molecule has 3 aromatic rings. The second-order valence-electron chi connectivity index (χ2n) is 5.73. The fraction of sp³-hybridized carbons (Fsp3) is 0.353. The predicted octanol–water partition coefficient (Wildman–Crippen LogP) is 1.28. The van der Waals surface area contributed by atoms with Gasteiger partial charge in [0.25, 0.3) is 0 Å². The number of hydrogen-bond donors (Lipinski definition) is 2. The summed E-state index contributed by atoms with van der Waals surface area (Å²) in [7, 11) is 0. The molecule has 0 saturated heterocycles. The summed E-state index contributed by atoms with van der Waals surface area (Å²) >= 11 is 0. The van der Waals surface area contributed by atoms with E-state index in [4.69, 9.17) is 0 Å². The number of imidazole rings is 1. The van der Waals surface area contributed by atoms with Gasteiger partial charge in [-0.15, -0.1) is 10.2 Å². The summed E-state index contributed by atoms with van der Waals surface area (Å²) in [6.45, 7) is 1.27. The van der Waals surface area contributed by atoms with E-state index in [-0.39, 0.29) is 5.91 Å². The van der Waals surface area contributed by atoms with Gasteiger partial charge in [-0.1, -0.05) is 35.5 Å². The van der Waals surface area contributed by atoms with Crippen LogP contribution in [0.15, 0.2) is 42.7 Å². The third kappa shape index (κ3) is 5.23. The molecule has 8 nitrogen and oxygen atoms in total. The molecular formula is C17H21N7O. The largest absolute Gasteiger partial charge is 0.349 e. The number of aryl methyl sites for hydroxylation is 3. The minimum Gasteiger partial charge on any atom is -0.349 e. The Kier molecular flexibility index (Phi) is 5.86. The fourth-order valence-electron chi connectivity index (χ4n) is 2.57. The van der Waals surface area contributed by atoms with Crippen molar-refractivity contribution in [2.24, 2.45) is 0 Å². The van der Waals surface area contributed by atoms with Crippen LogP contribution < -0.4 is 5.32 Å². The van der Waals surface area contributed by atoms with E-state index in [1.54, 1.807) is 6.20 Å². The fourth-order valence-corrected chi connectivity index (χ4v) is 2.57. The zero-order valence-electron chi connectivity index (χ0n) is 13.9. The quantitative estimate of drug-likeness (QED) is 0.611. The Bertz CT molecular complexity index is 767. The molecule has 0 aliphatic heterocycles. The van der Waals surface area contributed by atoms with E-state index in [1.807, 2.05) is 24.4 Å². The molecule has 0 spiro atoms. The molecule has 0 atom stereocenters. The summed E-state index contributed by atoms with van der Waals surface area (Å²) in [6.07, 6.45) is 6.40. The topological polar surface area (TPSA) is 101 Å². The molecule has 0 aliphatic carbocycles. The Morgan fingerprint density at radius 2 is 2.08 bits per heavy atom. The van der Waals surface area contributed by atoms with Gasteiger partial charge in [0.2, 0.25) is 5.91 Å². The molecule has 8 heteroatoms. The summed E-state index contributed by atoms with van der Waals surface area (Å²) in [5.74, 6) is 1.49. The molecule has 2 N–H and O–H groups in total. The summed E-state index contributed by atoms with van der Waals surface area (Å²) in [4.78, 5) is 16.3.